The van der Waals surface area contributed by atoms with E-state index in [4.69, 9.17) is 9.15 Å². The monoisotopic (exact) mass is 469 g/mol. The molecule has 0 radical (unpaired) electrons. The van der Waals surface area contributed by atoms with Crippen molar-refractivity contribution >= 4 is 33.7 Å². The van der Waals surface area contributed by atoms with Crippen molar-refractivity contribution in [2.75, 3.05) is 7.11 Å². The van der Waals surface area contributed by atoms with Crippen LogP contribution >= 0.6 is 0 Å². The number of rotatable bonds is 6. The number of amides is 1. The van der Waals surface area contributed by atoms with Gasteiger partial charge in [0.2, 0.25) is 0 Å². The van der Waals surface area contributed by atoms with Gasteiger partial charge >= 0.3 is 5.97 Å². The number of aryl methyl sites for hydroxylation is 1. The van der Waals surface area contributed by atoms with Crippen molar-refractivity contribution in [2.45, 2.75) is 51.1 Å². The van der Waals surface area contributed by atoms with Gasteiger partial charge in [-0.1, -0.05) is 11.6 Å². The van der Waals surface area contributed by atoms with Gasteiger partial charge in [-0.15, -0.1) is 0 Å². The van der Waals surface area contributed by atoms with Crippen LogP contribution in [0.5, 0.6) is 0 Å². The van der Waals surface area contributed by atoms with Crippen LogP contribution in [0.1, 0.15) is 53.8 Å². The lowest BCUT2D eigenvalue weighted by Gasteiger charge is -2.71. The Labute approximate surface area is 202 Å². The van der Waals surface area contributed by atoms with Crippen LogP contribution in [0.2, 0.25) is 0 Å². The zero-order valence-electron chi connectivity index (χ0n) is 19.9. The van der Waals surface area contributed by atoms with Crippen molar-refractivity contribution in [2.24, 2.45) is 10.8 Å². The molecule has 2 bridgehead atoms. The highest BCUT2D eigenvalue weighted by Crippen LogP contribution is 2.81. The summed E-state index contributed by atoms with van der Waals surface area (Å²) < 4.78 is 13.1. The maximum atomic E-state index is 13.6. The number of carbonyl (C=O) groups excluding carboxylic acids is 2. The van der Waals surface area contributed by atoms with Crippen LogP contribution in [0.25, 0.3) is 21.9 Å². The van der Waals surface area contributed by atoms with Crippen molar-refractivity contribution in [3.05, 3.63) is 65.8 Å². The molecule has 0 atom stereocenters. The van der Waals surface area contributed by atoms with E-state index in [0.717, 1.165) is 59.7 Å². The van der Waals surface area contributed by atoms with E-state index in [1.54, 1.807) is 12.4 Å². The van der Waals surface area contributed by atoms with Gasteiger partial charge in [-0.25, -0.2) is 0 Å². The first-order valence-corrected chi connectivity index (χ1v) is 12.2. The maximum Gasteiger partial charge on any atom is 0.311 e. The molecule has 0 aliphatic heterocycles. The highest BCUT2D eigenvalue weighted by molar-refractivity contribution is 6.06. The molecule has 7 heteroatoms. The number of nitrogens with zero attached hydrogens (tertiary/aromatic N) is 2. The summed E-state index contributed by atoms with van der Waals surface area (Å²) in [7, 11) is 1.46. The molecule has 3 heterocycles. The van der Waals surface area contributed by atoms with Crippen LogP contribution in [0, 0.1) is 17.8 Å². The molecular formula is C28H27N3O4. The molecule has 8 rings (SSSR count). The molecule has 7 nitrogen and oxygen atoms in total. The standard InChI is InChI=1S/C28H27N3O4/c1-17-3-4-22-19(9-17)10-20(35-22)13-31-8-5-18-11-29-12-21(23(18)31)24(32)30-28(6-7-28)27-14-26(15-27,16-27)25(33)34-2/h3-5,8-12H,6-7,13-16H2,1-2H3,(H,30,32). The van der Waals surface area contributed by atoms with Crippen molar-refractivity contribution in [3.63, 3.8) is 0 Å². The molecule has 4 aliphatic rings. The lowest BCUT2D eigenvalue weighted by atomic mass is 9.32. The molecule has 0 unspecified atom stereocenters. The fourth-order valence-electron chi connectivity index (χ4n) is 6.84. The molecule has 4 saturated carbocycles. The number of nitrogens with one attached hydrogen (secondary N) is 1. The van der Waals surface area contributed by atoms with E-state index in [1.165, 1.54) is 12.7 Å². The number of esters is 1. The third kappa shape index (κ3) is 2.81. The van der Waals surface area contributed by atoms with Gasteiger partial charge in [-0.3, -0.25) is 14.6 Å². The second kappa shape index (κ2) is 6.74. The molecule has 1 amide bonds. The minimum absolute atomic E-state index is 0.0343. The molecule has 1 aromatic carbocycles. The second-order valence-corrected chi connectivity index (χ2v) is 10.9. The Morgan fingerprint density at radius 2 is 1.91 bits per heavy atom. The lowest BCUT2D eigenvalue weighted by molar-refractivity contribution is -0.239. The number of aromatic nitrogens is 2. The summed E-state index contributed by atoms with van der Waals surface area (Å²) in [5.41, 5.74) is 2.99. The lowest BCUT2D eigenvalue weighted by Crippen LogP contribution is -2.73. The SMILES string of the molecule is COC(=O)C12CC(C3(NC(=O)c4cncc5ccn(Cc6cc7cc(C)ccc7o6)c45)CC3)(C1)C2. The van der Waals surface area contributed by atoms with Gasteiger partial charge in [0.05, 0.1) is 30.1 Å². The van der Waals surface area contributed by atoms with E-state index in [9.17, 15) is 9.59 Å². The highest BCUT2D eigenvalue weighted by atomic mass is 16.5. The van der Waals surface area contributed by atoms with E-state index in [-0.39, 0.29) is 28.2 Å². The normalized spacial score (nSPS) is 25.7. The molecule has 0 saturated heterocycles. The smallest absolute Gasteiger partial charge is 0.311 e. The van der Waals surface area contributed by atoms with Gasteiger partial charge in [0.1, 0.15) is 11.3 Å². The number of fused-ring (bicyclic) bond motifs is 2. The van der Waals surface area contributed by atoms with Crippen LogP contribution in [0.15, 0.2) is 53.3 Å². The first-order chi connectivity index (χ1) is 16.9. The van der Waals surface area contributed by atoms with Crippen molar-refractivity contribution in [1.29, 1.82) is 0 Å². The molecule has 1 N–H and O–H groups in total. The zero-order chi connectivity index (χ0) is 24.0. The maximum absolute atomic E-state index is 13.6. The molecule has 3 aromatic heterocycles. The van der Waals surface area contributed by atoms with Crippen LogP contribution in [0.3, 0.4) is 0 Å². The average Bonchev–Trinajstić information content (AvgIpc) is 3.26. The zero-order valence-corrected chi connectivity index (χ0v) is 19.9. The average molecular weight is 470 g/mol. The number of furan rings is 1. The van der Waals surface area contributed by atoms with Crippen LogP contribution in [-0.2, 0) is 16.1 Å². The summed E-state index contributed by atoms with van der Waals surface area (Å²) in [6.45, 7) is 2.59. The third-order valence-electron chi connectivity index (χ3n) is 8.73. The van der Waals surface area contributed by atoms with Gasteiger partial charge in [0.25, 0.3) is 5.91 Å². The highest BCUT2D eigenvalue weighted by Gasteiger charge is 2.81. The predicted molar refractivity (Wildman–Crippen MR) is 130 cm³/mol. The minimum atomic E-state index is -0.309. The first-order valence-electron chi connectivity index (χ1n) is 12.2. The summed E-state index contributed by atoms with van der Waals surface area (Å²) in [5.74, 6) is 0.638. The number of hydrogen-bond donors (Lipinski definition) is 1. The fraction of sp³-hybridized carbons (Fsp3) is 0.393. The van der Waals surface area contributed by atoms with Crippen LogP contribution in [0.4, 0.5) is 0 Å². The number of benzene rings is 1. The number of pyridine rings is 1. The molecule has 4 fully saturated rings. The van der Waals surface area contributed by atoms with Crippen molar-refractivity contribution in [1.82, 2.24) is 14.9 Å². The largest absolute Gasteiger partial charge is 0.469 e. The summed E-state index contributed by atoms with van der Waals surface area (Å²) in [6.07, 6.45) is 9.79. The van der Waals surface area contributed by atoms with Crippen molar-refractivity contribution < 1.29 is 18.7 Å². The molecule has 35 heavy (non-hydrogen) atoms. The number of carbonyl (C=O) groups is 2. The van der Waals surface area contributed by atoms with Gasteiger partial charge in [0, 0.05) is 34.9 Å². The summed E-state index contributed by atoms with van der Waals surface area (Å²) in [4.78, 5) is 30.1. The molecule has 4 aromatic rings. The van der Waals surface area contributed by atoms with E-state index < -0.39 is 0 Å². The minimum Gasteiger partial charge on any atom is -0.469 e. The summed E-state index contributed by atoms with van der Waals surface area (Å²) >= 11 is 0. The van der Waals surface area contributed by atoms with E-state index >= 15 is 0 Å². The van der Waals surface area contributed by atoms with E-state index in [0.29, 0.717) is 12.1 Å². The molecule has 4 aliphatic carbocycles. The van der Waals surface area contributed by atoms with E-state index in [2.05, 4.69) is 33.9 Å². The Balaban J connectivity index is 1.16. The fourth-order valence-corrected chi connectivity index (χ4v) is 6.84. The Morgan fingerprint density at radius 3 is 2.66 bits per heavy atom. The topological polar surface area (TPSA) is 86.4 Å². The van der Waals surface area contributed by atoms with E-state index in [1.807, 2.05) is 24.4 Å². The van der Waals surface area contributed by atoms with Gasteiger partial charge in [-0.2, -0.15) is 0 Å². The Morgan fingerprint density at radius 1 is 1.11 bits per heavy atom. The quantitative estimate of drug-likeness (QED) is 0.412. The predicted octanol–water partition coefficient (Wildman–Crippen LogP) is 4.74. The Bertz CT molecular complexity index is 1520. The van der Waals surface area contributed by atoms with Crippen LogP contribution < -0.4 is 5.32 Å². The van der Waals surface area contributed by atoms with Gasteiger partial charge in [-0.05, 0) is 68.7 Å². The van der Waals surface area contributed by atoms with Gasteiger partial charge in [0.15, 0.2) is 0 Å². The Hall–Kier alpha value is -3.61. The van der Waals surface area contributed by atoms with Crippen molar-refractivity contribution in [3.8, 4) is 0 Å². The number of methoxy groups -OCH3 is 1. The summed E-state index contributed by atoms with van der Waals surface area (Å²) in [6, 6.07) is 10.2. The molecule has 0 spiro atoms. The van der Waals surface area contributed by atoms with Crippen LogP contribution in [-0.4, -0.2) is 34.1 Å². The molecular weight excluding hydrogens is 442 g/mol. The van der Waals surface area contributed by atoms with Gasteiger partial charge < -0.3 is 19.0 Å². The summed E-state index contributed by atoms with van der Waals surface area (Å²) in [5, 5.41) is 5.37. The molecule has 178 valence electrons. The number of hydrogen-bond acceptors (Lipinski definition) is 5. The first kappa shape index (κ1) is 20.7. The third-order valence-corrected chi connectivity index (χ3v) is 8.73. The number of ether oxygens (including phenoxy) is 1. The second-order valence-electron chi connectivity index (χ2n) is 10.9. The Kier molecular flexibility index (Phi) is 4.00.